The van der Waals surface area contributed by atoms with E-state index in [1.165, 1.54) is 12.1 Å². The van der Waals surface area contributed by atoms with Crippen molar-refractivity contribution in [2.45, 2.75) is 32.0 Å². The van der Waals surface area contributed by atoms with E-state index in [9.17, 15) is 13.2 Å². The molecule has 7 heteroatoms. The van der Waals surface area contributed by atoms with E-state index < -0.39 is 17.4 Å². The number of hydrogen-bond acceptors (Lipinski definition) is 3. The standard InChI is InChI=1S/C15H16ClF3O3/c1-14(2)8-10(15(17,18)19)9-6-11(16)13(7-12(9)22-14)21-5-3-4-20/h6-8,20H,3-5H2,1-2H3. The van der Waals surface area contributed by atoms with Crippen molar-refractivity contribution >= 4 is 17.2 Å². The molecule has 1 aromatic carbocycles. The summed E-state index contributed by atoms with van der Waals surface area (Å²) in [6, 6.07) is 2.55. The van der Waals surface area contributed by atoms with Crippen molar-refractivity contribution in [3.05, 3.63) is 28.8 Å². The molecule has 0 saturated carbocycles. The molecule has 0 bridgehead atoms. The van der Waals surface area contributed by atoms with Crippen molar-refractivity contribution in [1.29, 1.82) is 0 Å². The first kappa shape index (κ1) is 17.0. The van der Waals surface area contributed by atoms with Crippen molar-refractivity contribution in [2.75, 3.05) is 13.2 Å². The summed E-state index contributed by atoms with van der Waals surface area (Å²) in [6.45, 7) is 3.25. The third-order valence-electron chi connectivity index (χ3n) is 3.05. The lowest BCUT2D eigenvalue weighted by Crippen LogP contribution is -2.31. The summed E-state index contributed by atoms with van der Waals surface area (Å²) in [5.41, 5.74) is -1.97. The topological polar surface area (TPSA) is 38.7 Å². The van der Waals surface area contributed by atoms with Crippen molar-refractivity contribution in [1.82, 2.24) is 0 Å². The van der Waals surface area contributed by atoms with Gasteiger partial charge in [0, 0.05) is 24.7 Å². The predicted molar refractivity (Wildman–Crippen MR) is 77.4 cm³/mol. The fourth-order valence-corrected chi connectivity index (χ4v) is 2.38. The Hall–Kier alpha value is -1.40. The highest BCUT2D eigenvalue weighted by Crippen LogP contribution is 2.47. The maximum atomic E-state index is 13.2. The van der Waals surface area contributed by atoms with Gasteiger partial charge in [0.05, 0.1) is 17.2 Å². The molecule has 0 atom stereocenters. The molecule has 0 saturated heterocycles. The van der Waals surface area contributed by atoms with Crippen LogP contribution in [0, 0.1) is 0 Å². The first-order valence-electron chi connectivity index (χ1n) is 6.71. The molecule has 0 spiro atoms. The summed E-state index contributed by atoms with van der Waals surface area (Å²) < 4.78 is 50.6. The fraction of sp³-hybridized carbons (Fsp3) is 0.467. The molecule has 1 N–H and O–H groups in total. The van der Waals surface area contributed by atoms with Crippen LogP contribution in [-0.4, -0.2) is 30.1 Å². The molecule has 0 aromatic heterocycles. The number of alkyl halides is 3. The number of allylic oxidation sites excluding steroid dienone is 1. The average molecular weight is 337 g/mol. The molecule has 3 nitrogen and oxygen atoms in total. The average Bonchev–Trinajstić information content (AvgIpc) is 2.37. The van der Waals surface area contributed by atoms with Crippen molar-refractivity contribution in [2.24, 2.45) is 0 Å². The second kappa shape index (κ2) is 6.01. The van der Waals surface area contributed by atoms with Crippen LogP contribution in [-0.2, 0) is 0 Å². The van der Waals surface area contributed by atoms with Gasteiger partial charge in [-0.2, -0.15) is 13.2 Å². The minimum atomic E-state index is -4.50. The Kier molecular flexibility index (Phi) is 4.63. The highest BCUT2D eigenvalue weighted by atomic mass is 35.5. The second-order valence-electron chi connectivity index (χ2n) is 5.47. The van der Waals surface area contributed by atoms with Gasteiger partial charge in [0.1, 0.15) is 17.1 Å². The van der Waals surface area contributed by atoms with E-state index in [-0.39, 0.29) is 35.3 Å². The van der Waals surface area contributed by atoms with Crippen LogP contribution in [0.5, 0.6) is 11.5 Å². The quantitative estimate of drug-likeness (QED) is 0.837. The summed E-state index contributed by atoms with van der Waals surface area (Å²) in [5, 5.41) is 8.79. The third kappa shape index (κ3) is 3.67. The van der Waals surface area contributed by atoms with Gasteiger partial charge >= 0.3 is 6.18 Å². The first-order valence-corrected chi connectivity index (χ1v) is 7.08. The molecule has 0 radical (unpaired) electrons. The maximum absolute atomic E-state index is 13.2. The summed E-state index contributed by atoms with van der Waals surface area (Å²) >= 11 is 5.99. The Bertz CT molecular complexity index is 594. The summed E-state index contributed by atoms with van der Waals surface area (Å²) in [5.74, 6) is 0.302. The van der Waals surface area contributed by atoms with E-state index in [0.29, 0.717) is 6.42 Å². The second-order valence-corrected chi connectivity index (χ2v) is 5.87. The monoisotopic (exact) mass is 336 g/mol. The number of benzene rings is 1. The van der Waals surface area contributed by atoms with Gasteiger partial charge in [-0.05, 0) is 26.0 Å². The molecule has 1 aliphatic rings. The predicted octanol–water partition coefficient (Wildman–Crippen LogP) is 4.22. The smallest absolute Gasteiger partial charge is 0.416 e. The zero-order valence-electron chi connectivity index (χ0n) is 12.1. The molecule has 122 valence electrons. The minimum Gasteiger partial charge on any atom is -0.492 e. The zero-order chi connectivity index (χ0) is 16.5. The van der Waals surface area contributed by atoms with Gasteiger partial charge in [-0.3, -0.25) is 0 Å². The Labute approximate surface area is 131 Å². The normalized spacial score (nSPS) is 16.6. The van der Waals surface area contributed by atoms with Gasteiger partial charge in [0.2, 0.25) is 0 Å². The Morgan fingerprint density at radius 2 is 2.00 bits per heavy atom. The van der Waals surface area contributed by atoms with Crippen LogP contribution in [0.15, 0.2) is 18.2 Å². The summed E-state index contributed by atoms with van der Waals surface area (Å²) in [4.78, 5) is 0. The molecule has 0 aliphatic carbocycles. The highest BCUT2D eigenvalue weighted by molar-refractivity contribution is 6.32. The van der Waals surface area contributed by atoms with Crippen LogP contribution in [0.1, 0.15) is 25.8 Å². The maximum Gasteiger partial charge on any atom is 0.416 e. The zero-order valence-corrected chi connectivity index (χ0v) is 12.9. The number of rotatable bonds is 4. The van der Waals surface area contributed by atoms with Crippen LogP contribution in [0.2, 0.25) is 5.02 Å². The lowest BCUT2D eigenvalue weighted by atomic mass is 9.94. The molecule has 0 fully saturated rings. The molecular weight excluding hydrogens is 321 g/mol. The van der Waals surface area contributed by atoms with Gasteiger partial charge in [0.15, 0.2) is 0 Å². The van der Waals surface area contributed by atoms with Gasteiger partial charge in [0.25, 0.3) is 0 Å². The Morgan fingerprint density at radius 3 is 2.59 bits per heavy atom. The molecule has 2 rings (SSSR count). The minimum absolute atomic E-state index is 0.0486. The SMILES string of the molecule is CC1(C)C=C(C(F)(F)F)c2cc(Cl)c(OCCCO)cc2O1. The van der Waals surface area contributed by atoms with E-state index in [2.05, 4.69) is 0 Å². The number of aliphatic hydroxyl groups is 1. The van der Waals surface area contributed by atoms with Crippen LogP contribution in [0.4, 0.5) is 13.2 Å². The molecular formula is C15H16ClF3O3. The highest BCUT2D eigenvalue weighted by Gasteiger charge is 2.41. The largest absolute Gasteiger partial charge is 0.492 e. The van der Waals surface area contributed by atoms with E-state index in [1.807, 2.05) is 0 Å². The molecule has 0 unspecified atom stereocenters. The third-order valence-corrected chi connectivity index (χ3v) is 3.35. The van der Waals surface area contributed by atoms with E-state index in [0.717, 1.165) is 6.08 Å². The van der Waals surface area contributed by atoms with E-state index in [1.54, 1.807) is 13.8 Å². The lowest BCUT2D eigenvalue weighted by molar-refractivity contribution is -0.0708. The van der Waals surface area contributed by atoms with Gasteiger partial charge in [-0.15, -0.1) is 0 Å². The Morgan fingerprint density at radius 1 is 1.32 bits per heavy atom. The van der Waals surface area contributed by atoms with Crippen molar-refractivity contribution < 1.29 is 27.8 Å². The van der Waals surface area contributed by atoms with Crippen LogP contribution in [0.3, 0.4) is 0 Å². The number of fused-ring (bicyclic) bond motifs is 1. The lowest BCUT2D eigenvalue weighted by Gasteiger charge is -2.32. The summed E-state index contributed by atoms with van der Waals surface area (Å²) in [6.07, 6.45) is -3.07. The summed E-state index contributed by atoms with van der Waals surface area (Å²) in [7, 11) is 0. The number of ether oxygens (including phenoxy) is 2. The molecule has 1 aliphatic heterocycles. The molecule has 1 heterocycles. The molecule has 1 aromatic rings. The van der Waals surface area contributed by atoms with Gasteiger partial charge in [-0.25, -0.2) is 0 Å². The van der Waals surface area contributed by atoms with E-state index in [4.69, 9.17) is 26.2 Å². The van der Waals surface area contributed by atoms with Crippen molar-refractivity contribution in [3.8, 4) is 11.5 Å². The Balaban J connectivity index is 2.44. The van der Waals surface area contributed by atoms with Gasteiger partial charge in [-0.1, -0.05) is 11.6 Å². The number of halogens is 4. The van der Waals surface area contributed by atoms with Crippen LogP contribution in [0.25, 0.3) is 5.57 Å². The molecule has 22 heavy (non-hydrogen) atoms. The first-order chi connectivity index (χ1) is 10.1. The van der Waals surface area contributed by atoms with Crippen molar-refractivity contribution in [3.63, 3.8) is 0 Å². The van der Waals surface area contributed by atoms with Gasteiger partial charge < -0.3 is 14.6 Å². The number of hydrogen-bond donors (Lipinski definition) is 1. The number of aliphatic hydroxyl groups excluding tert-OH is 1. The molecule has 0 amide bonds. The van der Waals surface area contributed by atoms with Crippen LogP contribution < -0.4 is 9.47 Å². The fourth-order valence-electron chi connectivity index (χ4n) is 2.16. The van der Waals surface area contributed by atoms with Crippen LogP contribution >= 0.6 is 11.6 Å². The van der Waals surface area contributed by atoms with E-state index >= 15 is 0 Å².